The number of halogens is 1. The Morgan fingerprint density at radius 3 is 2.52 bits per heavy atom. The average Bonchev–Trinajstić information content (AvgIpc) is 3.10. The molecule has 132 valence electrons. The van der Waals surface area contributed by atoms with Crippen LogP contribution in [0.5, 0.6) is 0 Å². The van der Waals surface area contributed by atoms with Gasteiger partial charge in [-0.3, -0.25) is 4.99 Å². The predicted molar refractivity (Wildman–Crippen MR) is 113 cm³/mol. The van der Waals surface area contributed by atoms with Crippen molar-refractivity contribution >= 4 is 40.7 Å². The summed E-state index contributed by atoms with van der Waals surface area (Å²) < 4.78 is 5.85. The van der Waals surface area contributed by atoms with E-state index in [9.17, 15) is 0 Å². The molecular weight excluding hydrogens is 356 g/mol. The highest BCUT2D eigenvalue weighted by Gasteiger charge is 2.08. The Kier molecular flexibility index (Phi) is 4.86. The summed E-state index contributed by atoms with van der Waals surface area (Å²) in [7, 11) is 0. The highest BCUT2D eigenvalue weighted by molar-refractivity contribution is 6.30. The Morgan fingerprint density at radius 1 is 0.963 bits per heavy atom. The lowest BCUT2D eigenvalue weighted by molar-refractivity contribution is 0.620. The van der Waals surface area contributed by atoms with E-state index in [-0.39, 0.29) is 0 Å². The summed E-state index contributed by atoms with van der Waals surface area (Å²) >= 11 is 5.88. The fraction of sp³-hybridized carbons (Fsp3) is 0.0435. The van der Waals surface area contributed by atoms with Crippen molar-refractivity contribution in [3.63, 3.8) is 0 Å². The van der Waals surface area contributed by atoms with Gasteiger partial charge in [-0.15, -0.1) is 0 Å². The molecule has 0 unspecified atom stereocenters. The van der Waals surface area contributed by atoms with Gasteiger partial charge in [0.05, 0.1) is 5.69 Å². The molecule has 3 nitrogen and oxygen atoms in total. The summed E-state index contributed by atoms with van der Waals surface area (Å²) in [4.78, 5) is 9.05. The smallest absolute Gasteiger partial charge is 0.227 e. The summed E-state index contributed by atoms with van der Waals surface area (Å²) in [5, 5.41) is 0.728. The maximum Gasteiger partial charge on any atom is 0.227 e. The number of hydrogen-bond donors (Lipinski definition) is 0. The zero-order valence-corrected chi connectivity index (χ0v) is 15.5. The monoisotopic (exact) mass is 372 g/mol. The van der Waals surface area contributed by atoms with Crippen LogP contribution < -0.4 is 0 Å². The zero-order chi connectivity index (χ0) is 18.6. The molecule has 0 atom stereocenters. The first-order valence-electron chi connectivity index (χ1n) is 8.61. The van der Waals surface area contributed by atoms with Crippen molar-refractivity contribution in [1.82, 2.24) is 4.98 Å². The van der Waals surface area contributed by atoms with Crippen LogP contribution in [0, 0.1) is 6.92 Å². The van der Waals surface area contributed by atoms with E-state index in [1.165, 1.54) is 5.56 Å². The van der Waals surface area contributed by atoms with Gasteiger partial charge in [0, 0.05) is 16.8 Å². The minimum atomic E-state index is 0.619. The van der Waals surface area contributed by atoms with Crippen LogP contribution in [0.3, 0.4) is 0 Å². The minimum absolute atomic E-state index is 0.619. The minimum Gasteiger partial charge on any atom is -0.436 e. The maximum absolute atomic E-state index is 5.88. The van der Waals surface area contributed by atoms with E-state index in [2.05, 4.69) is 16.9 Å². The van der Waals surface area contributed by atoms with Gasteiger partial charge in [0.15, 0.2) is 5.58 Å². The van der Waals surface area contributed by atoms with Crippen molar-refractivity contribution in [1.29, 1.82) is 0 Å². The van der Waals surface area contributed by atoms with Gasteiger partial charge in [0.1, 0.15) is 5.52 Å². The Balaban J connectivity index is 1.52. The molecule has 0 aliphatic rings. The van der Waals surface area contributed by atoms with E-state index >= 15 is 0 Å². The van der Waals surface area contributed by atoms with Gasteiger partial charge in [0.25, 0.3) is 0 Å². The molecule has 0 saturated carbocycles. The molecule has 4 aromatic rings. The van der Waals surface area contributed by atoms with Crippen molar-refractivity contribution in [2.45, 2.75) is 6.92 Å². The van der Waals surface area contributed by atoms with Gasteiger partial charge in [-0.05, 0) is 61.0 Å². The lowest BCUT2D eigenvalue weighted by Crippen LogP contribution is -1.77. The van der Waals surface area contributed by atoms with Crippen LogP contribution in [0.2, 0.25) is 5.02 Å². The van der Waals surface area contributed by atoms with Gasteiger partial charge in [0.2, 0.25) is 5.89 Å². The summed E-state index contributed by atoms with van der Waals surface area (Å²) in [5.74, 6) is 0.619. The van der Waals surface area contributed by atoms with Crippen LogP contribution in [-0.2, 0) is 0 Å². The van der Waals surface area contributed by atoms with E-state index in [1.807, 2.05) is 78.9 Å². The fourth-order valence-corrected chi connectivity index (χ4v) is 2.80. The van der Waals surface area contributed by atoms with Gasteiger partial charge in [-0.2, -0.15) is 0 Å². The summed E-state index contributed by atoms with van der Waals surface area (Å²) in [6.07, 6.45) is 5.63. The van der Waals surface area contributed by atoms with Crippen LogP contribution in [0.1, 0.15) is 11.1 Å². The number of benzene rings is 3. The van der Waals surface area contributed by atoms with E-state index in [0.29, 0.717) is 5.89 Å². The fourth-order valence-electron chi connectivity index (χ4n) is 2.67. The first kappa shape index (κ1) is 17.3. The lowest BCUT2D eigenvalue weighted by atomic mass is 10.1. The van der Waals surface area contributed by atoms with Gasteiger partial charge in [-0.1, -0.05) is 47.5 Å². The number of hydrogen-bond acceptors (Lipinski definition) is 3. The van der Waals surface area contributed by atoms with Crippen molar-refractivity contribution in [2.24, 2.45) is 4.99 Å². The molecule has 0 spiro atoms. The molecule has 27 heavy (non-hydrogen) atoms. The lowest BCUT2D eigenvalue weighted by Gasteiger charge is -1.95. The van der Waals surface area contributed by atoms with Crippen LogP contribution >= 0.6 is 11.6 Å². The number of oxazole rings is 1. The summed E-state index contributed by atoms with van der Waals surface area (Å²) in [5.41, 5.74) is 5.61. The molecule has 1 heterocycles. The number of rotatable bonds is 4. The molecule has 0 fully saturated rings. The maximum atomic E-state index is 5.88. The number of nitrogens with zero attached hydrogens (tertiary/aromatic N) is 2. The molecule has 0 radical (unpaired) electrons. The van der Waals surface area contributed by atoms with E-state index in [1.54, 1.807) is 6.21 Å². The summed E-state index contributed by atoms with van der Waals surface area (Å²) in [6, 6.07) is 21.5. The Bertz CT molecular complexity index is 1120. The van der Waals surface area contributed by atoms with Crippen LogP contribution in [-0.4, -0.2) is 11.2 Å². The molecule has 3 aromatic carbocycles. The topological polar surface area (TPSA) is 38.4 Å². The molecular formula is C23H17ClN2O. The third-order valence-corrected chi connectivity index (χ3v) is 4.39. The second-order valence-electron chi connectivity index (χ2n) is 6.23. The number of aliphatic imine (C=N–C) groups is 1. The van der Waals surface area contributed by atoms with E-state index in [0.717, 1.165) is 32.9 Å². The third kappa shape index (κ3) is 4.15. The molecule has 0 N–H and O–H groups in total. The first-order chi connectivity index (χ1) is 13.2. The van der Waals surface area contributed by atoms with E-state index < -0.39 is 0 Å². The highest BCUT2D eigenvalue weighted by atomic mass is 35.5. The van der Waals surface area contributed by atoms with E-state index in [4.69, 9.17) is 16.0 Å². The average molecular weight is 373 g/mol. The third-order valence-electron chi connectivity index (χ3n) is 4.14. The predicted octanol–water partition coefficient (Wildman–Crippen LogP) is 6.87. The second-order valence-corrected chi connectivity index (χ2v) is 6.66. The van der Waals surface area contributed by atoms with Crippen molar-refractivity contribution in [3.05, 3.63) is 89.0 Å². The molecule has 0 saturated heterocycles. The Morgan fingerprint density at radius 2 is 1.74 bits per heavy atom. The molecule has 1 aromatic heterocycles. The van der Waals surface area contributed by atoms with Gasteiger partial charge < -0.3 is 4.42 Å². The highest BCUT2D eigenvalue weighted by Crippen LogP contribution is 2.27. The van der Waals surface area contributed by atoms with Crippen LogP contribution in [0.4, 0.5) is 5.69 Å². The molecule has 4 heteroatoms. The quantitative estimate of drug-likeness (QED) is 0.366. The standard InChI is InChI=1S/C23H17ClN2O/c1-16-4-8-18(9-5-16)23-26-21-15-20(12-13-22(21)27-23)25-14-2-3-17-6-10-19(24)11-7-17/h2-15H,1H3/b3-2+,25-14?. The normalized spacial score (nSPS) is 11.8. The SMILES string of the molecule is Cc1ccc(-c2nc3cc(N=C/C=C/c4ccc(Cl)cc4)ccc3o2)cc1. The number of allylic oxidation sites excluding steroid dienone is 1. The van der Waals surface area contributed by atoms with Crippen molar-refractivity contribution in [3.8, 4) is 11.5 Å². The molecule has 0 aliphatic heterocycles. The number of aromatic nitrogens is 1. The van der Waals surface area contributed by atoms with Crippen molar-refractivity contribution < 1.29 is 4.42 Å². The van der Waals surface area contributed by atoms with Crippen LogP contribution in [0.25, 0.3) is 28.6 Å². The first-order valence-corrected chi connectivity index (χ1v) is 8.99. The number of aryl methyl sites for hydroxylation is 1. The molecule has 4 rings (SSSR count). The number of fused-ring (bicyclic) bond motifs is 1. The van der Waals surface area contributed by atoms with Crippen LogP contribution in [0.15, 0.2) is 82.2 Å². The molecule has 0 bridgehead atoms. The summed E-state index contributed by atoms with van der Waals surface area (Å²) in [6.45, 7) is 2.06. The Labute approximate surface area is 162 Å². The van der Waals surface area contributed by atoms with Gasteiger partial charge >= 0.3 is 0 Å². The molecule has 0 aliphatic carbocycles. The zero-order valence-electron chi connectivity index (χ0n) is 14.8. The Hall–Kier alpha value is -3.17. The largest absolute Gasteiger partial charge is 0.436 e. The van der Waals surface area contributed by atoms with Crippen molar-refractivity contribution in [2.75, 3.05) is 0 Å². The molecule has 0 amide bonds. The second kappa shape index (κ2) is 7.60. The van der Waals surface area contributed by atoms with Gasteiger partial charge in [-0.25, -0.2) is 4.98 Å².